The maximum Gasteiger partial charge on any atom is 0.00955 e. The zero-order chi connectivity index (χ0) is 11.6. The van der Waals surface area contributed by atoms with E-state index in [0.717, 1.165) is 5.92 Å². The van der Waals surface area contributed by atoms with Crippen molar-refractivity contribution in [2.75, 3.05) is 0 Å². The topological polar surface area (TPSA) is 0 Å². The molecule has 0 bridgehead atoms. The van der Waals surface area contributed by atoms with E-state index in [1.165, 1.54) is 12.0 Å². The van der Waals surface area contributed by atoms with Gasteiger partial charge in [0.25, 0.3) is 0 Å². The largest absolute Gasteiger partial charge is 0.102 e. The van der Waals surface area contributed by atoms with E-state index >= 15 is 0 Å². The fourth-order valence-electron chi connectivity index (χ4n) is 2.49. The minimum absolute atomic E-state index is 0.108. The number of hydrogen-bond donors (Lipinski definition) is 0. The zero-order valence-electron chi connectivity index (χ0n) is 10.6. The van der Waals surface area contributed by atoms with Crippen molar-refractivity contribution in [3.8, 4) is 0 Å². The molecule has 1 aliphatic rings. The molecule has 0 heteroatoms. The van der Waals surface area contributed by atoms with Gasteiger partial charge in [0.15, 0.2) is 0 Å². The second kappa shape index (κ2) is 4.38. The van der Waals surface area contributed by atoms with Crippen LogP contribution < -0.4 is 0 Å². The smallest absolute Gasteiger partial charge is 0.00955 e. The van der Waals surface area contributed by atoms with E-state index in [2.05, 4.69) is 59.1 Å². The first-order valence-corrected chi connectivity index (χ1v) is 5.89. The minimum Gasteiger partial charge on any atom is -0.102 e. The highest BCUT2D eigenvalue weighted by Gasteiger charge is 2.35. The minimum atomic E-state index is 0.108. The lowest BCUT2D eigenvalue weighted by molar-refractivity contribution is 0.262. The van der Waals surface area contributed by atoms with E-state index in [0.29, 0.717) is 11.8 Å². The Morgan fingerprint density at radius 1 is 1.53 bits per heavy atom. The molecule has 3 atom stereocenters. The Morgan fingerprint density at radius 3 is 2.53 bits per heavy atom. The van der Waals surface area contributed by atoms with Crippen LogP contribution in [0.25, 0.3) is 0 Å². The fraction of sp³-hybridized carbons (Fsp3) is 0.600. The van der Waals surface area contributed by atoms with Crippen molar-refractivity contribution in [2.45, 2.75) is 34.1 Å². The first-order valence-electron chi connectivity index (χ1n) is 5.89. The second-order valence-corrected chi connectivity index (χ2v) is 5.47. The predicted molar refractivity (Wildman–Crippen MR) is 68.7 cm³/mol. The van der Waals surface area contributed by atoms with Crippen molar-refractivity contribution in [1.29, 1.82) is 0 Å². The molecule has 0 aromatic heterocycles. The Hall–Kier alpha value is -0.780. The van der Waals surface area contributed by atoms with E-state index < -0.39 is 0 Å². The molecule has 0 radical (unpaired) electrons. The maximum atomic E-state index is 4.13. The lowest BCUT2D eigenvalue weighted by Crippen LogP contribution is -2.30. The van der Waals surface area contributed by atoms with Crippen molar-refractivity contribution >= 4 is 0 Å². The van der Waals surface area contributed by atoms with Gasteiger partial charge in [-0.3, -0.25) is 0 Å². The molecule has 0 spiro atoms. The third-order valence-corrected chi connectivity index (χ3v) is 3.85. The molecule has 0 fully saturated rings. The van der Waals surface area contributed by atoms with Gasteiger partial charge in [-0.1, -0.05) is 51.2 Å². The SMILES string of the molecule is C=CC1(C)C=CC(C(C)C)CC1C(=C)C. The molecule has 1 rings (SSSR count). The van der Waals surface area contributed by atoms with Gasteiger partial charge in [0.2, 0.25) is 0 Å². The van der Waals surface area contributed by atoms with E-state index in [-0.39, 0.29) is 5.41 Å². The lowest BCUT2D eigenvalue weighted by Gasteiger charge is -2.40. The lowest BCUT2D eigenvalue weighted by atomic mass is 9.64. The van der Waals surface area contributed by atoms with Gasteiger partial charge in [0.1, 0.15) is 0 Å². The highest BCUT2D eigenvalue weighted by molar-refractivity contribution is 5.22. The molecule has 15 heavy (non-hydrogen) atoms. The Labute approximate surface area is 94.8 Å². The summed E-state index contributed by atoms with van der Waals surface area (Å²) in [5, 5.41) is 0. The molecule has 0 nitrogen and oxygen atoms in total. The second-order valence-electron chi connectivity index (χ2n) is 5.47. The summed E-state index contributed by atoms with van der Waals surface area (Å²) >= 11 is 0. The van der Waals surface area contributed by atoms with Gasteiger partial charge in [-0.25, -0.2) is 0 Å². The molecule has 3 unspecified atom stereocenters. The summed E-state index contributed by atoms with van der Waals surface area (Å²) in [5.41, 5.74) is 1.39. The van der Waals surface area contributed by atoms with Crippen LogP contribution in [0.4, 0.5) is 0 Å². The Morgan fingerprint density at radius 2 is 2.13 bits per heavy atom. The van der Waals surface area contributed by atoms with Crippen LogP contribution in [-0.4, -0.2) is 0 Å². The molecule has 0 saturated heterocycles. The van der Waals surface area contributed by atoms with Gasteiger partial charge in [-0.2, -0.15) is 0 Å². The van der Waals surface area contributed by atoms with Crippen LogP contribution in [0.15, 0.2) is 37.0 Å². The summed E-state index contributed by atoms with van der Waals surface area (Å²) in [7, 11) is 0. The summed E-state index contributed by atoms with van der Waals surface area (Å²) in [6.45, 7) is 17.1. The van der Waals surface area contributed by atoms with Crippen LogP contribution in [0.5, 0.6) is 0 Å². The molecule has 0 aliphatic heterocycles. The average molecular weight is 204 g/mol. The summed E-state index contributed by atoms with van der Waals surface area (Å²) in [4.78, 5) is 0. The van der Waals surface area contributed by atoms with E-state index in [9.17, 15) is 0 Å². The quantitative estimate of drug-likeness (QED) is 0.589. The van der Waals surface area contributed by atoms with Gasteiger partial charge in [0, 0.05) is 5.41 Å². The molecule has 0 N–H and O–H groups in total. The molecule has 0 amide bonds. The van der Waals surface area contributed by atoms with Gasteiger partial charge in [-0.05, 0) is 31.1 Å². The van der Waals surface area contributed by atoms with Crippen molar-refractivity contribution in [2.24, 2.45) is 23.2 Å². The molecule has 0 aromatic carbocycles. The summed E-state index contributed by atoms with van der Waals surface area (Å²) < 4.78 is 0. The van der Waals surface area contributed by atoms with Gasteiger partial charge in [-0.15, -0.1) is 6.58 Å². The van der Waals surface area contributed by atoms with Crippen LogP contribution in [0.3, 0.4) is 0 Å². The van der Waals surface area contributed by atoms with Crippen LogP contribution in [-0.2, 0) is 0 Å². The molecule has 0 heterocycles. The van der Waals surface area contributed by atoms with Crippen molar-refractivity contribution < 1.29 is 0 Å². The van der Waals surface area contributed by atoms with Crippen molar-refractivity contribution in [1.82, 2.24) is 0 Å². The third-order valence-electron chi connectivity index (χ3n) is 3.85. The predicted octanol–water partition coefficient (Wildman–Crippen LogP) is 4.60. The highest BCUT2D eigenvalue weighted by atomic mass is 14.4. The van der Waals surface area contributed by atoms with Gasteiger partial charge < -0.3 is 0 Å². The molecule has 0 saturated carbocycles. The van der Waals surface area contributed by atoms with Crippen LogP contribution >= 0.6 is 0 Å². The Balaban J connectivity index is 2.98. The standard InChI is InChI=1S/C15H24/c1-7-15(6)9-8-13(11(2)3)10-14(15)12(4)5/h7-9,11,13-14H,1,4,10H2,2-3,5-6H3. The number of rotatable bonds is 3. The van der Waals surface area contributed by atoms with Gasteiger partial charge in [0.05, 0.1) is 0 Å². The summed E-state index contributed by atoms with van der Waals surface area (Å²) in [5.74, 6) is 1.96. The summed E-state index contributed by atoms with van der Waals surface area (Å²) in [6.07, 6.45) is 7.98. The van der Waals surface area contributed by atoms with Crippen molar-refractivity contribution in [3.63, 3.8) is 0 Å². The molecule has 84 valence electrons. The highest BCUT2D eigenvalue weighted by Crippen LogP contribution is 2.44. The Kier molecular flexibility index (Phi) is 3.59. The monoisotopic (exact) mass is 204 g/mol. The van der Waals surface area contributed by atoms with Crippen LogP contribution in [0, 0.1) is 23.2 Å². The average Bonchev–Trinajstić information content (AvgIpc) is 2.17. The van der Waals surface area contributed by atoms with E-state index in [4.69, 9.17) is 0 Å². The summed E-state index contributed by atoms with van der Waals surface area (Å²) in [6, 6.07) is 0. The van der Waals surface area contributed by atoms with Gasteiger partial charge >= 0.3 is 0 Å². The zero-order valence-corrected chi connectivity index (χ0v) is 10.6. The first-order chi connectivity index (χ1) is 6.90. The molecule has 0 aromatic rings. The van der Waals surface area contributed by atoms with E-state index in [1.807, 2.05) is 0 Å². The molecule has 1 aliphatic carbocycles. The number of allylic oxidation sites excluding steroid dienone is 4. The molecular formula is C15H24. The normalized spacial score (nSPS) is 35.5. The Bertz CT molecular complexity index is 282. The van der Waals surface area contributed by atoms with E-state index in [1.54, 1.807) is 0 Å². The third kappa shape index (κ3) is 2.42. The molecular weight excluding hydrogens is 180 g/mol. The maximum absolute atomic E-state index is 4.13. The van der Waals surface area contributed by atoms with Crippen molar-refractivity contribution in [3.05, 3.63) is 37.0 Å². The first kappa shape index (κ1) is 12.3. The fourth-order valence-corrected chi connectivity index (χ4v) is 2.49. The number of hydrogen-bond acceptors (Lipinski definition) is 0. The van der Waals surface area contributed by atoms with Crippen LogP contribution in [0.2, 0.25) is 0 Å². The van der Waals surface area contributed by atoms with Crippen LogP contribution in [0.1, 0.15) is 34.1 Å².